The van der Waals surface area contributed by atoms with Gasteiger partial charge in [0, 0.05) is 31.9 Å². The third-order valence-electron chi connectivity index (χ3n) is 11.9. The van der Waals surface area contributed by atoms with Gasteiger partial charge in [-0.2, -0.15) is 0 Å². The molecule has 2 nitrogen and oxygen atoms in total. The van der Waals surface area contributed by atoms with Crippen molar-refractivity contribution in [1.82, 2.24) is 0 Å². The second kappa shape index (κ2) is 13.6. The highest BCUT2D eigenvalue weighted by Gasteiger charge is 2.25. The molecule has 2 heterocycles. The molecule has 0 atom stereocenters. The van der Waals surface area contributed by atoms with E-state index in [2.05, 4.69) is 217 Å². The Morgan fingerprint density at radius 2 is 1.05 bits per heavy atom. The number of thiophene rings is 1. The molecule has 0 saturated heterocycles. The highest BCUT2D eigenvalue weighted by molar-refractivity contribution is 7.26. The van der Waals surface area contributed by atoms with Gasteiger partial charge in [0.15, 0.2) is 5.58 Å². The van der Waals surface area contributed by atoms with E-state index in [-0.39, 0.29) is 0 Å². The molecule has 12 rings (SSSR count). The standard InChI is InChI=1S/C56H35NOS/c1-2-15-39(16-3-1)53-43-18-7-6-14-37(43)29-32-44(53)38-27-30-42(31-28-38)57(50-22-12-21-47-46-19-9-11-24-52(46)59-56(47)50)49-34-33-45(41-26-25-36-13-4-5-17-40(36)35-41)54-48-20-8-10-23-51(48)58-55(49)54/h1-35H. The Kier molecular flexibility index (Phi) is 7.75. The number of hydrogen-bond acceptors (Lipinski definition) is 3. The number of nitrogens with zero attached hydrogens (tertiary/aromatic N) is 1. The van der Waals surface area contributed by atoms with Gasteiger partial charge in [0.25, 0.3) is 0 Å². The predicted octanol–water partition coefficient (Wildman–Crippen LogP) is 16.7. The molecule has 12 aromatic rings. The van der Waals surface area contributed by atoms with Gasteiger partial charge in [-0.05, 0) is 97.4 Å². The van der Waals surface area contributed by atoms with Crippen molar-refractivity contribution in [3.05, 3.63) is 212 Å². The number of hydrogen-bond donors (Lipinski definition) is 0. The van der Waals surface area contributed by atoms with Crippen LogP contribution < -0.4 is 4.90 Å². The van der Waals surface area contributed by atoms with Crippen LogP contribution in [0.5, 0.6) is 0 Å². The minimum Gasteiger partial charge on any atom is -0.454 e. The minimum atomic E-state index is 0.861. The van der Waals surface area contributed by atoms with Gasteiger partial charge in [0.05, 0.1) is 16.1 Å². The fourth-order valence-electron chi connectivity index (χ4n) is 9.12. The molecule has 0 radical (unpaired) electrons. The first-order valence-corrected chi connectivity index (χ1v) is 20.9. The summed E-state index contributed by atoms with van der Waals surface area (Å²) in [6.45, 7) is 0. The van der Waals surface area contributed by atoms with E-state index in [4.69, 9.17) is 4.42 Å². The second-order valence-corrected chi connectivity index (χ2v) is 16.3. The van der Waals surface area contributed by atoms with E-state index in [9.17, 15) is 0 Å². The lowest BCUT2D eigenvalue weighted by molar-refractivity contribution is 0.669. The third-order valence-corrected chi connectivity index (χ3v) is 13.1. The molecule has 2 aromatic heterocycles. The number of rotatable bonds is 6. The minimum absolute atomic E-state index is 0.861. The van der Waals surface area contributed by atoms with Crippen LogP contribution in [-0.2, 0) is 0 Å². The van der Waals surface area contributed by atoms with Crippen LogP contribution in [0, 0.1) is 0 Å². The molecule has 276 valence electrons. The average Bonchev–Trinajstić information content (AvgIpc) is 3.89. The van der Waals surface area contributed by atoms with Crippen LogP contribution in [0.3, 0.4) is 0 Å². The lowest BCUT2D eigenvalue weighted by Crippen LogP contribution is -2.10. The van der Waals surface area contributed by atoms with E-state index in [0.29, 0.717) is 0 Å². The van der Waals surface area contributed by atoms with Gasteiger partial charge in [-0.25, -0.2) is 0 Å². The highest BCUT2D eigenvalue weighted by Crippen LogP contribution is 2.50. The molecule has 0 aliphatic carbocycles. The van der Waals surface area contributed by atoms with Gasteiger partial charge in [-0.1, -0.05) is 170 Å². The average molecular weight is 770 g/mol. The predicted molar refractivity (Wildman–Crippen MR) is 253 cm³/mol. The quantitative estimate of drug-likeness (QED) is 0.167. The van der Waals surface area contributed by atoms with Crippen LogP contribution in [0.25, 0.3) is 97.0 Å². The highest BCUT2D eigenvalue weighted by atomic mass is 32.1. The first-order valence-electron chi connectivity index (χ1n) is 20.1. The zero-order chi connectivity index (χ0) is 38.9. The summed E-state index contributed by atoms with van der Waals surface area (Å²) in [4.78, 5) is 2.41. The maximum absolute atomic E-state index is 6.99. The van der Waals surface area contributed by atoms with Crippen molar-refractivity contribution in [3.8, 4) is 33.4 Å². The van der Waals surface area contributed by atoms with Gasteiger partial charge in [-0.3, -0.25) is 0 Å². The van der Waals surface area contributed by atoms with Gasteiger partial charge in [0.1, 0.15) is 5.58 Å². The molecule has 0 bridgehead atoms. The van der Waals surface area contributed by atoms with Crippen LogP contribution in [0.1, 0.15) is 0 Å². The van der Waals surface area contributed by atoms with Crippen LogP contribution in [0.4, 0.5) is 17.1 Å². The zero-order valence-corrected chi connectivity index (χ0v) is 32.8. The molecule has 0 amide bonds. The Bertz CT molecular complexity index is 3560. The smallest absolute Gasteiger partial charge is 0.160 e. The molecule has 0 spiro atoms. The monoisotopic (exact) mass is 769 g/mol. The van der Waals surface area contributed by atoms with E-state index in [1.165, 1.54) is 69.5 Å². The van der Waals surface area contributed by atoms with Gasteiger partial charge in [-0.15, -0.1) is 11.3 Å². The van der Waals surface area contributed by atoms with Crippen molar-refractivity contribution in [2.45, 2.75) is 0 Å². The fraction of sp³-hybridized carbons (Fsp3) is 0. The van der Waals surface area contributed by atoms with Crippen molar-refractivity contribution in [2.75, 3.05) is 4.90 Å². The maximum atomic E-state index is 6.99. The molecule has 0 aliphatic heterocycles. The van der Waals surface area contributed by atoms with Gasteiger partial charge >= 0.3 is 0 Å². The van der Waals surface area contributed by atoms with Crippen LogP contribution in [0.2, 0.25) is 0 Å². The fourth-order valence-corrected chi connectivity index (χ4v) is 10.3. The van der Waals surface area contributed by atoms with E-state index >= 15 is 0 Å². The van der Waals surface area contributed by atoms with Crippen LogP contribution in [0.15, 0.2) is 217 Å². The zero-order valence-electron chi connectivity index (χ0n) is 32.0. The summed E-state index contributed by atoms with van der Waals surface area (Å²) in [5, 5.41) is 9.67. The second-order valence-electron chi connectivity index (χ2n) is 15.2. The Balaban J connectivity index is 1.10. The lowest BCUT2D eigenvalue weighted by atomic mass is 9.90. The topological polar surface area (TPSA) is 16.4 Å². The number of para-hydroxylation sites is 1. The SMILES string of the molecule is c1ccc(-c2c(-c3ccc(N(c4ccc(-c5ccc6ccccc6c5)c5c4oc4ccccc45)c4cccc5c4sc4ccccc45)cc3)ccc3ccccc23)cc1. The summed E-state index contributed by atoms with van der Waals surface area (Å²) >= 11 is 1.85. The maximum Gasteiger partial charge on any atom is 0.160 e. The Hall–Kier alpha value is -7.46. The van der Waals surface area contributed by atoms with Crippen molar-refractivity contribution in [1.29, 1.82) is 0 Å². The molecule has 0 fully saturated rings. The van der Waals surface area contributed by atoms with E-state index in [1.807, 2.05) is 11.3 Å². The Morgan fingerprint density at radius 3 is 1.92 bits per heavy atom. The summed E-state index contributed by atoms with van der Waals surface area (Å²) in [5.41, 5.74) is 12.0. The number of fused-ring (bicyclic) bond motifs is 8. The normalized spacial score (nSPS) is 11.7. The molecule has 0 saturated carbocycles. The van der Waals surface area contributed by atoms with E-state index in [0.717, 1.165) is 44.6 Å². The molecular weight excluding hydrogens is 735 g/mol. The molecular formula is C56H35NOS. The Labute approximate surface area is 345 Å². The van der Waals surface area contributed by atoms with E-state index in [1.54, 1.807) is 0 Å². The summed E-state index contributed by atoms with van der Waals surface area (Å²) < 4.78 is 9.50. The van der Waals surface area contributed by atoms with Crippen molar-refractivity contribution < 1.29 is 4.42 Å². The van der Waals surface area contributed by atoms with Crippen molar-refractivity contribution in [3.63, 3.8) is 0 Å². The summed E-state index contributed by atoms with van der Waals surface area (Å²) in [6, 6.07) is 76.9. The third kappa shape index (κ3) is 5.47. The number of furan rings is 1. The molecule has 59 heavy (non-hydrogen) atoms. The van der Waals surface area contributed by atoms with Crippen molar-refractivity contribution >= 4 is 92.1 Å². The lowest BCUT2D eigenvalue weighted by Gasteiger charge is -2.27. The molecule has 0 unspecified atom stereocenters. The number of anilines is 3. The summed E-state index contributed by atoms with van der Waals surface area (Å²) in [7, 11) is 0. The Morgan fingerprint density at radius 1 is 0.390 bits per heavy atom. The molecule has 10 aromatic carbocycles. The molecule has 0 aliphatic rings. The van der Waals surface area contributed by atoms with Gasteiger partial charge < -0.3 is 9.32 Å². The number of benzene rings is 10. The summed E-state index contributed by atoms with van der Waals surface area (Å²) in [5.74, 6) is 0. The first-order chi connectivity index (χ1) is 29.3. The van der Waals surface area contributed by atoms with Crippen LogP contribution in [-0.4, -0.2) is 0 Å². The molecule has 3 heteroatoms. The van der Waals surface area contributed by atoms with Crippen molar-refractivity contribution in [2.24, 2.45) is 0 Å². The molecule has 0 N–H and O–H groups in total. The first kappa shape index (κ1) is 33.7. The van der Waals surface area contributed by atoms with E-state index < -0.39 is 0 Å². The largest absolute Gasteiger partial charge is 0.454 e. The van der Waals surface area contributed by atoms with Crippen LogP contribution >= 0.6 is 11.3 Å². The summed E-state index contributed by atoms with van der Waals surface area (Å²) in [6.07, 6.45) is 0. The van der Waals surface area contributed by atoms with Gasteiger partial charge in [0.2, 0.25) is 0 Å².